The second kappa shape index (κ2) is 7.04. The molecule has 5 nitrogen and oxygen atoms in total. The number of nitrogens with one attached hydrogen (secondary N) is 2. The van der Waals surface area contributed by atoms with E-state index in [0.717, 1.165) is 25.7 Å². The zero-order chi connectivity index (χ0) is 17.4. The SMILES string of the molecule is CCNC(=NCC1(N(C)C)CCSC1)NC1C2CCOC2C1(C)C. The summed E-state index contributed by atoms with van der Waals surface area (Å²) in [4.78, 5) is 7.36. The lowest BCUT2D eigenvalue weighted by molar-refractivity contribution is -0.106. The Labute approximate surface area is 151 Å². The van der Waals surface area contributed by atoms with Crippen LogP contribution in [0.5, 0.6) is 0 Å². The van der Waals surface area contributed by atoms with E-state index in [1.54, 1.807) is 0 Å². The van der Waals surface area contributed by atoms with Crippen LogP contribution in [0.15, 0.2) is 4.99 Å². The van der Waals surface area contributed by atoms with Gasteiger partial charge in [0.2, 0.25) is 0 Å². The van der Waals surface area contributed by atoms with E-state index in [4.69, 9.17) is 9.73 Å². The average Bonchev–Trinajstić information content (AvgIpc) is 3.18. The lowest BCUT2D eigenvalue weighted by Gasteiger charge is -2.55. The summed E-state index contributed by atoms with van der Waals surface area (Å²) in [5.41, 5.74) is 0.390. The third-order valence-corrected chi connectivity index (χ3v) is 7.53. The van der Waals surface area contributed by atoms with Crippen LogP contribution in [0.3, 0.4) is 0 Å². The lowest BCUT2D eigenvalue weighted by atomic mass is 9.57. The van der Waals surface area contributed by atoms with Gasteiger partial charge in [0.1, 0.15) is 0 Å². The number of hydrogen-bond donors (Lipinski definition) is 2. The fourth-order valence-electron chi connectivity index (χ4n) is 4.53. The first kappa shape index (κ1) is 18.3. The molecule has 3 rings (SSSR count). The summed E-state index contributed by atoms with van der Waals surface area (Å²) in [6.07, 6.45) is 2.81. The summed E-state index contributed by atoms with van der Waals surface area (Å²) in [5.74, 6) is 4.03. The largest absolute Gasteiger partial charge is 0.377 e. The molecule has 0 amide bonds. The number of nitrogens with zero attached hydrogens (tertiary/aromatic N) is 2. The molecular formula is C18H34N4OS. The van der Waals surface area contributed by atoms with Gasteiger partial charge in [-0.1, -0.05) is 13.8 Å². The van der Waals surface area contributed by atoms with Crippen molar-refractivity contribution in [2.45, 2.75) is 51.3 Å². The Balaban J connectivity index is 1.68. The van der Waals surface area contributed by atoms with E-state index in [9.17, 15) is 0 Å². The van der Waals surface area contributed by atoms with Gasteiger partial charge in [-0.3, -0.25) is 4.99 Å². The van der Waals surface area contributed by atoms with Crippen LogP contribution < -0.4 is 10.6 Å². The van der Waals surface area contributed by atoms with Gasteiger partial charge in [0, 0.05) is 41.8 Å². The maximum atomic E-state index is 5.92. The molecule has 1 saturated carbocycles. The molecular weight excluding hydrogens is 320 g/mol. The number of guanidine groups is 1. The first-order valence-corrected chi connectivity index (χ1v) is 10.5. The van der Waals surface area contributed by atoms with Crippen molar-refractivity contribution in [2.75, 3.05) is 45.3 Å². The molecule has 2 heterocycles. The maximum Gasteiger partial charge on any atom is 0.191 e. The highest BCUT2D eigenvalue weighted by molar-refractivity contribution is 7.99. The predicted octanol–water partition coefficient (Wildman–Crippen LogP) is 1.79. The number of aliphatic imine (C=N–C) groups is 1. The highest BCUT2D eigenvalue weighted by Crippen LogP contribution is 2.52. The van der Waals surface area contributed by atoms with Crippen molar-refractivity contribution < 1.29 is 4.74 Å². The summed E-state index contributed by atoms with van der Waals surface area (Å²) < 4.78 is 5.92. The van der Waals surface area contributed by atoms with E-state index in [0.29, 0.717) is 18.1 Å². The number of rotatable bonds is 5. The molecule has 3 fully saturated rings. The first-order valence-electron chi connectivity index (χ1n) is 9.32. The molecule has 4 atom stereocenters. The minimum Gasteiger partial charge on any atom is -0.377 e. The zero-order valence-corrected chi connectivity index (χ0v) is 16.7. The molecule has 0 spiro atoms. The van der Waals surface area contributed by atoms with Crippen molar-refractivity contribution in [3.8, 4) is 0 Å². The Hall–Kier alpha value is -0.460. The molecule has 0 aromatic carbocycles. The number of thioether (sulfide) groups is 1. The van der Waals surface area contributed by atoms with Crippen LogP contribution in [-0.4, -0.2) is 73.8 Å². The molecule has 2 N–H and O–H groups in total. The van der Waals surface area contributed by atoms with Crippen molar-refractivity contribution in [1.29, 1.82) is 0 Å². The van der Waals surface area contributed by atoms with Gasteiger partial charge < -0.3 is 20.3 Å². The van der Waals surface area contributed by atoms with E-state index in [1.807, 2.05) is 11.8 Å². The summed E-state index contributed by atoms with van der Waals surface area (Å²) >= 11 is 2.05. The van der Waals surface area contributed by atoms with Crippen molar-refractivity contribution in [2.24, 2.45) is 16.3 Å². The second-order valence-corrected chi connectivity index (χ2v) is 9.41. The molecule has 0 aromatic heterocycles. The van der Waals surface area contributed by atoms with Crippen LogP contribution in [-0.2, 0) is 4.74 Å². The topological polar surface area (TPSA) is 48.9 Å². The van der Waals surface area contributed by atoms with Crippen LogP contribution in [0.4, 0.5) is 0 Å². The lowest BCUT2D eigenvalue weighted by Crippen LogP contribution is -2.68. The molecule has 1 aliphatic carbocycles. The Kier molecular flexibility index (Phi) is 5.38. The normalized spacial score (nSPS) is 38.1. The molecule has 0 bridgehead atoms. The van der Waals surface area contributed by atoms with E-state index in [-0.39, 0.29) is 11.0 Å². The van der Waals surface area contributed by atoms with Gasteiger partial charge in [0.15, 0.2) is 5.96 Å². The number of hydrogen-bond acceptors (Lipinski definition) is 4. The van der Waals surface area contributed by atoms with Crippen molar-refractivity contribution >= 4 is 17.7 Å². The number of likely N-dealkylation sites (N-methyl/N-ethyl adjacent to an activating group) is 1. The van der Waals surface area contributed by atoms with Crippen LogP contribution in [0, 0.1) is 11.3 Å². The number of fused-ring (bicyclic) bond motifs is 1. The van der Waals surface area contributed by atoms with Gasteiger partial charge in [-0.2, -0.15) is 11.8 Å². The molecule has 4 unspecified atom stereocenters. The summed E-state index contributed by atoms with van der Waals surface area (Å²) in [6.45, 7) is 9.43. The highest BCUT2D eigenvalue weighted by atomic mass is 32.2. The van der Waals surface area contributed by atoms with Gasteiger partial charge in [-0.05, 0) is 39.6 Å². The third kappa shape index (κ3) is 3.17. The average molecular weight is 355 g/mol. The minimum atomic E-state index is 0.180. The van der Waals surface area contributed by atoms with Crippen molar-refractivity contribution in [3.63, 3.8) is 0 Å². The highest BCUT2D eigenvalue weighted by Gasteiger charge is 2.59. The van der Waals surface area contributed by atoms with Crippen LogP contribution in [0.25, 0.3) is 0 Å². The van der Waals surface area contributed by atoms with Gasteiger partial charge in [-0.15, -0.1) is 0 Å². The minimum absolute atomic E-state index is 0.180. The van der Waals surface area contributed by atoms with Crippen molar-refractivity contribution in [3.05, 3.63) is 0 Å². The summed E-state index contributed by atoms with van der Waals surface area (Å²) in [6, 6.07) is 0.455. The standard InChI is InChI=1S/C18H34N4OS/c1-6-19-16(20-11-18(22(4)5)8-10-24-12-18)21-14-13-7-9-23-15(13)17(14,2)3/h13-15H,6-12H2,1-5H3,(H2,19,20,21). The third-order valence-electron chi connectivity index (χ3n) is 6.30. The number of ether oxygens (including phenoxy) is 1. The molecule has 6 heteroatoms. The summed E-state index contributed by atoms with van der Waals surface area (Å²) in [7, 11) is 4.38. The van der Waals surface area contributed by atoms with E-state index in [2.05, 4.69) is 50.4 Å². The quantitative estimate of drug-likeness (QED) is 0.582. The van der Waals surface area contributed by atoms with E-state index in [1.165, 1.54) is 24.3 Å². The van der Waals surface area contributed by atoms with E-state index < -0.39 is 0 Å². The fourth-order valence-corrected chi connectivity index (χ4v) is 6.07. The Morgan fingerprint density at radius 1 is 1.38 bits per heavy atom. The Morgan fingerprint density at radius 2 is 2.17 bits per heavy atom. The summed E-state index contributed by atoms with van der Waals surface area (Å²) in [5, 5.41) is 7.18. The van der Waals surface area contributed by atoms with Crippen LogP contribution in [0.2, 0.25) is 0 Å². The van der Waals surface area contributed by atoms with Gasteiger partial charge in [0.25, 0.3) is 0 Å². The van der Waals surface area contributed by atoms with Gasteiger partial charge >= 0.3 is 0 Å². The molecule has 0 aromatic rings. The molecule has 2 saturated heterocycles. The molecule has 0 radical (unpaired) electrons. The predicted molar refractivity (Wildman–Crippen MR) is 103 cm³/mol. The molecule has 3 aliphatic rings. The molecule has 2 aliphatic heterocycles. The smallest absolute Gasteiger partial charge is 0.191 e. The van der Waals surface area contributed by atoms with Crippen LogP contribution >= 0.6 is 11.8 Å². The maximum absolute atomic E-state index is 5.92. The first-order chi connectivity index (χ1) is 11.4. The van der Waals surface area contributed by atoms with Crippen LogP contribution in [0.1, 0.15) is 33.6 Å². The fraction of sp³-hybridized carbons (Fsp3) is 0.944. The van der Waals surface area contributed by atoms with Gasteiger partial charge in [-0.25, -0.2) is 0 Å². The zero-order valence-electron chi connectivity index (χ0n) is 15.9. The Bertz CT molecular complexity index is 474. The Morgan fingerprint density at radius 3 is 2.79 bits per heavy atom. The molecule has 138 valence electrons. The van der Waals surface area contributed by atoms with Crippen molar-refractivity contribution in [1.82, 2.24) is 15.5 Å². The van der Waals surface area contributed by atoms with Gasteiger partial charge in [0.05, 0.1) is 12.6 Å². The second-order valence-electron chi connectivity index (χ2n) is 8.30. The molecule has 24 heavy (non-hydrogen) atoms. The van der Waals surface area contributed by atoms with E-state index >= 15 is 0 Å². The monoisotopic (exact) mass is 354 g/mol.